The fraction of sp³-hybridized carbons (Fsp3) is 0.444. The SMILES string of the molecule is CC(=O)CCCCC[C@H](NS(=O)(=O)CC(F)(F)F)C(=O)NCCC1=C2CC=CC=C2N=C1c1ccccc1. The number of carbonyl (C=O) groups is 2. The number of fused-ring (bicyclic) bond motifs is 1. The molecular formula is C27H32F3N3O4S. The zero-order valence-corrected chi connectivity index (χ0v) is 22.0. The van der Waals surface area contributed by atoms with Crippen LogP contribution in [0.25, 0.3) is 0 Å². The first-order valence-corrected chi connectivity index (χ1v) is 14.2. The van der Waals surface area contributed by atoms with Crippen LogP contribution in [-0.2, 0) is 19.6 Å². The number of sulfonamides is 1. The fourth-order valence-electron chi connectivity index (χ4n) is 4.42. The van der Waals surface area contributed by atoms with Crippen molar-refractivity contribution >= 4 is 27.4 Å². The molecule has 1 aromatic rings. The Kier molecular flexibility index (Phi) is 10.2. The van der Waals surface area contributed by atoms with Crippen LogP contribution in [0.1, 0.15) is 57.4 Å². The average Bonchev–Trinajstić information content (AvgIpc) is 3.20. The Bertz CT molecular complexity index is 1250. The summed E-state index contributed by atoms with van der Waals surface area (Å²) >= 11 is 0. The molecule has 0 bridgehead atoms. The number of unbranched alkanes of at least 4 members (excludes halogenated alkanes) is 2. The van der Waals surface area contributed by atoms with Gasteiger partial charge in [0.25, 0.3) is 0 Å². The van der Waals surface area contributed by atoms with Gasteiger partial charge in [-0.1, -0.05) is 55.3 Å². The third-order valence-electron chi connectivity index (χ3n) is 6.14. The summed E-state index contributed by atoms with van der Waals surface area (Å²) in [5, 5.41) is 2.69. The predicted octanol–water partition coefficient (Wildman–Crippen LogP) is 4.53. The third-order valence-corrected chi connectivity index (χ3v) is 7.49. The molecule has 0 radical (unpaired) electrons. The highest BCUT2D eigenvalue weighted by molar-refractivity contribution is 7.89. The molecule has 0 saturated heterocycles. The average molecular weight is 552 g/mol. The molecule has 2 N–H and O–H groups in total. The second-order valence-corrected chi connectivity index (χ2v) is 11.1. The number of benzene rings is 1. The van der Waals surface area contributed by atoms with Gasteiger partial charge in [-0.3, -0.25) is 4.79 Å². The van der Waals surface area contributed by atoms with Crippen molar-refractivity contribution in [2.24, 2.45) is 4.99 Å². The van der Waals surface area contributed by atoms with Crippen molar-refractivity contribution in [3.63, 3.8) is 0 Å². The third kappa shape index (κ3) is 9.05. The molecule has 0 fully saturated rings. The Hall–Kier alpha value is -3.05. The van der Waals surface area contributed by atoms with Crippen LogP contribution in [-0.4, -0.2) is 50.3 Å². The fourth-order valence-corrected chi connectivity index (χ4v) is 5.59. The highest BCUT2D eigenvalue weighted by atomic mass is 32.2. The van der Waals surface area contributed by atoms with Crippen LogP contribution >= 0.6 is 0 Å². The molecule has 0 saturated carbocycles. The van der Waals surface area contributed by atoms with Crippen molar-refractivity contribution < 1.29 is 31.2 Å². The number of nitrogens with zero attached hydrogens (tertiary/aromatic N) is 1. The van der Waals surface area contributed by atoms with Gasteiger partial charge in [0.15, 0.2) is 5.75 Å². The largest absolute Gasteiger partial charge is 0.404 e. The predicted molar refractivity (Wildman–Crippen MR) is 140 cm³/mol. The lowest BCUT2D eigenvalue weighted by molar-refractivity contribution is -0.123. The van der Waals surface area contributed by atoms with Gasteiger partial charge in [0, 0.05) is 18.5 Å². The topological polar surface area (TPSA) is 105 Å². The van der Waals surface area contributed by atoms with Gasteiger partial charge < -0.3 is 10.1 Å². The Balaban J connectivity index is 1.67. The van der Waals surface area contributed by atoms with Gasteiger partial charge in [-0.25, -0.2) is 18.1 Å². The lowest BCUT2D eigenvalue weighted by Gasteiger charge is -2.19. The van der Waals surface area contributed by atoms with Crippen LogP contribution in [0.15, 0.2) is 70.4 Å². The zero-order chi connectivity index (χ0) is 27.8. The molecule has 7 nitrogen and oxygen atoms in total. The maximum Gasteiger partial charge on any atom is 0.404 e. The first kappa shape index (κ1) is 29.5. The summed E-state index contributed by atoms with van der Waals surface area (Å²) in [4.78, 5) is 28.8. The number of hydrogen-bond donors (Lipinski definition) is 2. The Morgan fingerprint density at radius 1 is 1.11 bits per heavy atom. The minimum atomic E-state index is -4.93. The minimum Gasteiger partial charge on any atom is -0.354 e. The van der Waals surface area contributed by atoms with Crippen LogP contribution in [0.4, 0.5) is 13.2 Å². The first-order valence-electron chi connectivity index (χ1n) is 12.5. The van der Waals surface area contributed by atoms with Gasteiger partial charge in [-0.15, -0.1) is 0 Å². The van der Waals surface area contributed by atoms with Gasteiger partial charge in [0.05, 0.1) is 11.4 Å². The zero-order valence-electron chi connectivity index (χ0n) is 21.2. The molecular weight excluding hydrogens is 519 g/mol. The number of ketones is 1. The van der Waals surface area contributed by atoms with Crippen LogP contribution < -0.4 is 10.0 Å². The summed E-state index contributed by atoms with van der Waals surface area (Å²) in [5.74, 6) is -2.75. The summed E-state index contributed by atoms with van der Waals surface area (Å²) in [7, 11) is -4.77. The molecule has 1 atom stereocenters. The van der Waals surface area contributed by atoms with Crippen molar-refractivity contribution in [2.45, 2.75) is 64.1 Å². The van der Waals surface area contributed by atoms with Gasteiger partial charge in [-0.2, -0.15) is 13.2 Å². The highest BCUT2D eigenvalue weighted by Gasteiger charge is 2.37. The van der Waals surface area contributed by atoms with E-state index in [4.69, 9.17) is 4.99 Å². The Morgan fingerprint density at radius 3 is 2.53 bits per heavy atom. The minimum absolute atomic E-state index is 0.0114. The molecule has 38 heavy (non-hydrogen) atoms. The van der Waals surface area contributed by atoms with Gasteiger partial charge in [0.1, 0.15) is 11.8 Å². The van der Waals surface area contributed by atoms with E-state index in [-0.39, 0.29) is 18.7 Å². The first-order chi connectivity index (χ1) is 18.0. The second kappa shape index (κ2) is 13.1. The molecule has 1 amide bonds. The molecule has 1 heterocycles. The number of aliphatic imine (C=N–C) groups is 1. The van der Waals surface area contributed by atoms with E-state index in [0.29, 0.717) is 38.5 Å². The van der Waals surface area contributed by atoms with E-state index < -0.39 is 33.9 Å². The quantitative estimate of drug-likeness (QED) is 0.332. The Morgan fingerprint density at radius 2 is 1.84 bits per heavy atom. The second-order valence-electron chi connectivity index (χ2n) is 9.35. The normalized spacial score (nSPS) is 16.1. The van der Waals surface area contributed by atoms with Crippen LogP contribution in [0.5, 0.6) is 0 Å². The summed E-state index contributed by atoms with van der Waals surface area (Å²) in [5.41, 5.74) is 4.60. The molecule has 1 aliphatic carbocycles. The summed E-state index contributed by atoms with van der Waals surface area (Å²) < 4.78 is 64.3. The van der Waals surface area contributed by atoms with Gasteiger partial charge >= 0.3 is 6.18 Å². The lowest BCUT2D eigenvalue weighted by atomic mass is 9.93. The number of hydrogen-bond acceptors (Lipinski definition) is 5. The summed E-state index contributed by atoms with van der Waals surface area (Å²) in [6, 6.07) is 8.26. The maximum absolute atomic E-state index is 12.9. The van der Waals surface area contributed by atoms with Gasteiger partial charge in [0.2, 0.25) is 15.9 Å². The molecule has 11 heteroatoms. The molecule has 0 aromatic heterocycles. The van der Waals surface area contributed by atoms with E-state index in [2.05, 4.69) is 5.32 Å². The molecule has 2 aliphatic rings. The number of nitrogens with one attached hydrogen (secondary N) is 2. The molecule has 0 spiro atoms. The molecule has 1 aliphatic heterocycles. The Labute approximate surface area is 221 Å². The number of rotatable bonds is 14. The standard InChI is InChI=1S/C27H32F3N3O4S/c1-19(34)10-4-2-7-15-24(33-38(36,37)18-27(28,29)30)26(35)31-17-16-22-21-13-8-9-14-23(21)32-25(22)20-11-5-3-6-12-20/h3,5-6,8-9,11-12,14,24,33H,2,4,7,10,13,15-18H2,1H3,(H,31,35)/t24-/m0/s1. The number of alkyl halides is 3. The number of halogens is 3. The van der Waals surface area contributed by atoms with E-state index in [9.17, 15) is 31.2 Å². The van der Waals surface area contributed by atoms with Gasteiger partial charge in [-0.05, 0) is 49.8 Å². The van der Waals surface area contributed by atoms with E-state index in [0.717, 1.165) is 28.1 Å². The van der Waals surface area contributed by atoms with E-state index in [1.807, 2.05) is 53.3 Å². The van der Waals surface area contributed by atoms with Crippen molar-refractivity contribution in [1.82, 2.24) is 10.0 Å². The van der Waals surface area contributed by atoms with Crippen LogP contribution in [0.2, 0.25) is 0 Å². The summed E-state index contributed by atoms with van der Waals surface area (Å²) in [6.45, 7) is 1.61. The molecule has 206 valence electrons. The maximum atomic E-state index is 12.9. The number of carbonyl (C=O) groups excluding carboxylic acids is 2. The van der Waals surface area contributed by atoms with Crippen molar-refractivity contribution in [2.75, 3.05) is 12.3 Å². The smallest absolute Gasteiger partial charge is 0.354 e. The molecule has 1 aromatic carbocycles. The monoisotopic (exact) mass is 551 g/mol. The van der Waals surface area contributed by atoms with E-state index in [1.165, 1.54) is 6.92 Å². The number of Topliss-reactive ketones (excluding diaryl/α,β-unsaturated/α-hetero) is 1. The lowest BCUT2D eigenvalue weighted by Crippen LogP contribution is -2.48. The number of allylic oxidation sites excluding steroid dienone is 4. The van der Waals surface area contributed by atoms with Crippen molar-refractivity contribution in [3.05, 3.63) is 71.0 Å². The number of amides is 1. The van der Waals surface area contributed by atoms with Crippen molar-refractivity contribution in [1.29, 1.82) is 0 Å². The van der Waals surface area contributed by atoms with Crippen LogP contribution in [0, 0.1) is 0 Å². The summed E-state index contributed by atoms with van der Waals surface area (Å²) in [6.07, 6.45) is 3.89. The highest BCUT2D eigenvalue weighted by Crippen LogP contribution is 2.34. The molecule has 0 unspecified atom stereocenters. The van der Waals surface area contributed by atoms with Crippen LogP contribution in [0.3, 0.4) is 0 Å². The van der Waals surface area contributed by atoms with E-state index in [1.54, 1.807) is 0 Å². The molecule has 3 rings (SSSR count). The van der Waals surface area contributed by atoms with E-state index >= 15 is 0 Å². The van der Waals surface area contributed by atoms with Crippen molar-refractivity contribution in [3.8, 4) is 0 Å².